The first-order chi connectivity index (χ1) is 7.24. The van der Waals surface area contributed by atoms with Gasteiger partial charge in [0.2, 0.25) is 0 Å². The normalized spacial score (nSPS) is 10.6. The van der Waals surface area contributed by atoms with Gasteiger partial charge in [-0.3, -0.25) is 0 Å². The van der Waals surface area contributed by atoms with E-state index in [9.17, 15) is 4.39 Å². The SMILES string of the molecule is CCNCCCCc1ccc(F)cc1Cl. The second kappa shape index (κ2) is 6.81. The van der Waals surface area contributed by atoms with Crippen LogP contribution in [-0.4, -0.2) is 13.1 Å². The summed E-state index contributed by atoms with van der Waals surface area (Å²) in [7, 11) is 0. The van der Waals surface area contributed by atoms with Crippen LogP contribution in [0.1, 0.15) is 25.3 Å². The monoisotopic (exact) mass is 229 g/mol. The highest BCUT2D eigenvalue weighted by Crippen LogP contribution is 2.18. The number of halogens is 2. The van der Waals surface area contributed by atoms with E-state index < -0.39 is 0 Å². The molecule has 0 fully saturated rings. The van der Waals surface area contributed by atoms with Crippen LogP contribution in [0.25, 0.3) is 0 Å². The summed E-state index contributed by atoms with van der Waals surface area (Å²) in [5.41, 5.74) is 1.04. The van der Waals surface area contributed by atoms with Crippen LogP contribution >= 0.6 is 11.6 Å². The highest BCUT2D eigenvalue weighted by Gasteiger charge is 2.01. The van der Waals surface area contributed by atoms with Gasteiger partial charge in [0.1, 0.15) is 5.82 Å². The maximum absolute atomic E-state index is 12.7. The fourth-order valence-corrected chi connectivity index (χ4v) is 1.73. The van der Waals surface area contributed by atoms with Crippen molar-refractivity contribution in [3.8, 4) is 0 Å². The average molecular weight is 230 g/mol. The van der Waals surface area contributed by atoms with Crippen molar-refractivity contribution in [1.82, 2.24) is 5.32 Å². The van der Waals surface area contributed by atoms with Crippen LogP contribution in [0, 0.1) is 5.82 Å². The van der Waals surface area contributed by atoms with Gasteiger partial charge in [-0.15, -0.1) is 0 Å². The fourth-order valence-electron chi connectivity index (χ4n) is 1.47. The van der Waals surface area contributed by atoms with E-state index in [0.29, 0.717) is 5.02 Å². The Labute approximate surface area is 95.6 Å². The predicted molar refractivity (Wildman–Crippen MR) is 62.9 cm³/mol. The van der Waals surface area contributed by atoms with Gasteiger partial charge in [-0.2, -0.15) is 0 Å². The summed E-state index contributed by atoms with van der Waals surface area (Å²) < 4.78 is 12.7. The van der Waals surface area contributed by atoms with Crippen molar-refractivity contribution in [3.63, 3.8) is 0 Å². The Morgan fingerprint density at radius 1 is 1.33 bits per heavy atom. The van der Waals surface area contributed by atoms with Crippen LogP contribution in [-0.2, 0) is 6.42 Å². The quantitative estimate of drug-likeness (QED) is 0.738. The van der Waals surface area contributed by atoms with Gasteiger partial charge in [0.15, 0.2) is 0 Å². The lowest BCUT2D eigenvalue weighted by Crippen LogP contribution is -2.13. The molecule has 0 atom stereocenters. The standard InChI is InChI=1S/C12H17ClFN/c1-2-15-8-4-3-5-10-6-7-11(14)9-12(10)13/h6-7,9,15H,2-5,8H2,1H3. The molecular weight excluding hydrogens is 213 g/mol. The highest BCUT2D eigenvalue weighted by atomic mass is 35.5. The van der Waals surface area contributed by atoms with Crippen LogP contribution in [0.15, 0.2) is 18.2 Å². The summed E-state index contributed by atoms with van der Waals surface area (Å²) in [4.78, 5) is 0. The van der Waals surface area contributed by atoms with Crippen molar-refractivity contribution < 1.29 is 4.39 Å². The Kier molecular flexibility index (Phi) is 5.66. The van der Waals surface area contributed by atoms with Gasteiger partial charge >= 0.3 is 0 Å². The maximum Gasteiger partial charge on any atom is 0.124 e. The molecule has 1 aromatic carbocycles. The van der Waals surface area contributed by atoms with E-state index in [1.165, 1.54) is 12.1 Å². The minimum absolute atomic E-state index is 0.267. The molecule has 0 unspecified atom stereocenters. The number of rotatable bonds is 6. The number of hydrogen-bond acceptors (Lipinski definition) is 1. The summed E-state index contributed by atoms with van der Waals surface area (Å²) in [6.45, 7) is 4.14. The number of hydrogen-bond donors (Lipinski definition) is 1. The highest BCUT2D eigenvalue weighted by molar-refractivity contribution is 6.31. The summed E-state index contributed by atoms with van der Waals surface area (Å²) >= 11 is 5.91. The molecule has 0 saturated heterocycles. The molecule has 0 aliphatic heterocycles. The molecule has 0 aliphatic rings. The Balaban J connectivity index is 2.31. The molecule has 84 valence electrons. The molecular formula is C12H17ClFN. The molecule has 0 aliphatic carbocycles. The first-order valence-corrected chi connectivity index (χ1v) is 5.76. The van der Waals surface area contributed by atoms with Crippen LogP contribution in [0.4, 0.5) is 4.39 Å². The first kappa shape index (κ1) is 12.5. The van der Waals surface area contributed by atoms with Gasteiger partial charge in [-0.1, -0.05) is 24.6 Å². The van der Waals surface area contributed by atoms with E-state index in [2.05, 4.69) is 12.2 Å². The molecule has 1 nitrogen and oxygen atoms in total. The molecule has 0 saturated carbocycles. The van der Waals surface area contributed by atoms with Crippen LogP contribution in [0.5, 0.6) is 0 Å². The topological polar surface area (TPSA) is 12.0 Å². The van der Waals surface area contributed by atoms with E-state index in [1.807, 2.05) is 0 Å². The van der Waals surface area contributed by atoms with E-state index in [0.717, 1.165) is 37.9 Å². The Morgan fingerprint density at radius 2 is 2.13 bits per heavy atom. The average Bonchev–Trinajstić information content (AvgIpc) is 2.20. The fraction of sp³-hybridized carbons (Fsp3) is 0.500. The summed E-state index contributed by atoms with van der Waals surface area (Å²) in [6.07, 6.45) is 3.13. The minimum Gasteiger partial charge on any atom is -0.317 e. The molecule has 1 N–H and O–H groups in total. The van der Waals surface area contributed by atoms with Crippen molar-refractivity contribution in [1.29, 1.82) is 0 Å². The molecule has 1 rings (SSSR count). The molecule has 0 amide bonds. The Morgan fingerprint density at radius 3 is 2.80 bits per heavy atom. The third-order valence-corrected chi connectivity index (χ3v) is 2.67. The zero-order chi connectivity index (χ0) is 11.1. The maximum atomic E-state index is 12.7. The van der Waals surface area contributed by atoms with Crippen molar-refractivity contribution in [3.05, 3.63) is 34.6 Å². The van der Waals surface area contributed by atoms with Gasteiger partial charge in [0.05, 0.1) is 0 Å². The lowest BCUT2D eigenvalue weighted by atomic mass is 10.1. The predicted octanol–water partition coefficient (Wildman–Crippen LogP) is 3.41. The van der Waals surface area contributed by atoms with Gasteiger partial charge in [0.25, 0.3) is 0 Å². The number of unbranched alkanes of at least 4 members (excludes halogenated alkanes) is 1. The molecule has 0 aromatic heterocycles. The van der Waals surface area contributed by atoms with E-state index >= 15 is 0 Å². The Bertz CT molecular complexity index is 302. The molecule has 15 heavy (non-hydrogen) atoms. The zero-order valence-corrected chi connectivity index (χ0v) is 9.78. The van der Waals surface area contributed by atoms with Gasteiger partial charge in [-0.25, -0.2) is 4.39 Å². The second-order valence-electron chi connectivity index (χ2n) is 3.55. The Hall–Kier alpha value is -0.600. The number of benzene rings is 1. The van der Waals surface area contributed by atoms with Crippen molar-refractivity contribution in [2.45, 2.75) is 26.2 Å². The first-order valence-electron chi connectivity index (χ1n) is 5.38. The zero-order valence-electron chi connectivity index (χ0n) is 9.02. The summed E-state index contributed by atoms with van der Waals surface area (Å²) in [5.74, 6) is -0.267. The molecule has 0 heterocycles. The molecule has 1 aromatic rings. The van der Waals surface area contributed by atoms with Gasteiger partial charge < -0.3 is 5.32 Å². The smallest absolute Gasteiger partial charge is 0.124 e. The number of nitrogens with one attached hydrogen (secondary N) is 1. The minimum atomic E-state index is -0.267. The molecule has 0 spiro atoms. The van der Waals surface area contributed by atoms with E-state index in [4.69, 9.17) is 11.6 Å². The van der Waals surface area contributed by atoms with Gasteiger partial charge in [-0.05, 0) is 50.0 Å². The largest absolute Gasteiger partial charge is 0.317 e. The third-order valence-electron chi connectivity index (χ3n) is 2.31. The molecule has 0 bridgehead atoms. The van der Waals surface area contributed by atoms with Crippen molar-refractivity contribution >= 4 is 11.6 Å². The van der Waals surface area contributed by atoms with Crippen molar-refractivity contribution in [2.24, 2.45) is 0 Å². The molecule has 0 radical (unpaired) electrons. The van der Waals surface area contributed by atoms with E-state index in [-0.39, 0.29) is 5.82 Å². The van der Waals surface area contributed by atoms with Crippen molar-refractivity contribution in [2.75, 3.05) is 13.1 Å². The van der Waals surface area contributed by atoms with Crippen LogP contribution < -0.4 is 5.32 Å². The lowest BCUT2D eigenvalue weighted by Gasteiger charge is -2.04. The molecule has 3 heteroatoms. The van der Waals surface area contributed by atoms with Crippen LogP contribution in [0.3, 0.4) is 0 Å². The summed E-state index contributed by atoms with van der Waals surface area (Å²) in [6, 6.07) is 4.61. The van der Waals surface area contributed by atoms with Crippen LogP contribution in [0.2, 0.25) is 5.02 Å². The van der Waals surface area contributed by atoms with E-state index in [1.54, 1.807) is 6.07 Å². The van der Waals surface area contributed by atoms with Gasteiger partial charge in [0, 0.05) is 5.02 Å². The second-order valence-corrected chi connectivity index (χ2v) is 3.95. The number of aryl methyl sites for hydroxylation is 1. The lowest BCUT2D eigenvalue weighted by molar-refractivity contribution is 0.623. The summed E-state index contributed by atoms with van der Waals surface area (Å²) in [5, 5.41) is 3.81. The third kappa shape index (κ3) is 4.63.